The van der Waals surface area contributed by atoms with Gasteiger partial charge in [-0.2, -0.15) is 0 Å². The average molecular weight is 417 g/mol. The zero-order chi connectivity index (χ0) is 12.6. The summed E-state index contributed by atoms with van der Waals surface area (Å²) in [5.74, 6) is 0. The van der Waals surface area contributed by atoms with E-state index in [1.54, 1.807) is 18.2 Å². The quantitative estimate of drug-likeness (QED) is 0.669. The number of halogens is 4. The SMILES string of the molecule is OC(c1cc(Br)c(Cl)s1)c1cc(Br)ccc1Cl. The first-order valence-electron chi connectivity index (χ1n) is 4.57. The van der Waals surface area contributed by atoms with Gasteiger partial charge in [-0.05, 0) is 40.2 Å². The first kappa shape index (κ1) is 13.8. The summed E-state index contributed by atoms with van der Waals surface area (Å²) in [6.45, 7) is 0. The minimum absolute atomic E-state index is 0.529. The van der Waals surface area contributed by atoms with Crippen LogP contribution < -0.4 is 0 Å². The Bertz CT molecular complexity index is 537. The summed E-state index contributed by atoms with van der Waals surface area (Å²) in [4.78, 5) is 0.752. The molecule has 1 heterocycles. The second kappa shape index (κ2) is 5.59. The molecule has 0 fully saturated rings. The molecule has 0 amide bonds. The number of benzene rings is 1. The normalized spacial score (nSPS) is 12.8. The predicted octanol–water partition coefficient (Wildman–Crippen LogP) is 5.66. The van der Waals surface area contributed by atoms with E-state index in [9.17, 15) is 5.11 Å². The highest BCUT2D eigenvalue weighted by Crippen LogP contribution is 2.39. The number of aliphatic hydroxyl groups is 1. The molecule has 17 heavy (non-hydrogen) atoms. The van der Waals surface area contributed by atoms with Gasteiger partial charge in [-0.15, -0.1) is 11.3 Å². The Balaban J connectivity index is 2.42. The number of thiophene rings is 1. The van der Waals surface area contributed by atoms with Crippen LogP contribution in [-0.2, 0) is 0 Å². The smallest absolute Gasteiger partial charge is 0.115 e. The Kier molecular flexibility index (Phi) is 4.55. The van der Waals surface area contributed by atoms with Gasteiger partial charge in [0, 0.05) is 24.4 Å². The van der Waals surface area contributed by atoms with Crippen LogP contribution in [0.1, 0.15) is 16.5 Å². The molecule has 1 atom stereocenters. The highest BCUT2D eigenvalue weighted by Gasteiger charge is 2.18. The van der Waals surface area contributed by atoms with Crippen molar-refractivity contribution in [3.8, 4) is 0 Å². The number of rotatable bonds is 2. The molecule has 0 aliphatic carbocycles. The van der Waals surface area contributed by atoms with Crippen molar-refractivity contribution in [3.05, 3.63) is 53.0 Å². The fraction of sp³-hybridized carbons (Fsp3) is 0.0909. The van der Waals surface area contributed by atoms with Crippen LogP contribution >= 0.6 is 66.4 Å². The van der Waals surface area contributed by atoms with Gasteiger partial charge in [-0.25, -0.2) is 0 Å². The van der Waals surface area contributed by atoms with Crippen molar-refractivity contribution in [1.82, 2.24) is 0 Å². The van der Waals surface area contributed by atoms with Gasteiger partial charge in [-0.3, -0.25) is 0 Å². The van der Waals surface area contributed by atoms with E-state index in [1.807, 2.05) is 6.07 Å². The van der Waals surface area contributed by atoms with E-state index in [0.717, 1.165) is 13.8 Å². The van der Waals surface area contributed by atoms with E-state index in [1.165, 1.54) is 11.3 Å². The summed E-state index contributed by atoms with van der Waals surface area (Å²) in [6.07, 6.45) is -0.770. The van der Waals surface area contributed by atoms with E-state index < -0.39 is 6.10 Å². The highest BCUT2D eigenvalue weighted by molar-refractivity contribution is 9.10. The first-order chi connectivity index (χ1) is 7.99. The molecule has 0 aliphatic rings. The second-order valence-corrected chi connectivity index (χ2v) is 7.20. The van der Waals surface area contributed by atoms with Crippen LogP contribution in [0.15, 0.2) is 33.2 Å². The lowest BCUT2D eigenvalue weighted by Gasteiger charge is -2.11. The van der Waals surface area contributed by atoms with Crippen molar-refractivity contribution in [1.29, 1.82) is 0 Å². The maximum atomic E-state index is 10.3. The molecule has 1 aromatic carbocycles. The monoisotopic (exact) mass is 414 g/mol. The molecule has 2 aromatic rings. The molecule has 0 spiro atoms. The maximum Gasteiger partial charge on any atom is 0.115 e. The van der Waals surface area contributed by atoms with Gasteiger partial charge in [0.15, 0.2) is 0 Å². The third-order valence-electron chi connectivity index (χ3n) is 2.19. The maximum absolute atomic E-state index is 10.3. The number of hydrogen-bond donors (Lipinski definition) is 1. The van der Waals surface area contributed by atoms with E-state index in [-0.39, 0.29) is 0 Å². The van der Waals surface area contributed by atoms with E-state index in [0.29, 0.717) is 14.9 Å². The fourth-order valence-electron chi connectivity index (χ4n) is 1.38. The first-order valence-corrected chi connectivity index (χ1v) is 7.72. The summed E-state index contributed by atoms with van der Waals surface area (Å²) in [7, 11) is 0. The van der Waals surface area contributed by atoms with Gasteiger partial charge in [-0.1, -0.05) is 39.1 Å². The lowest BCUT2D eigenvalue weighted by molar-refractivity contribution is 0.224. The van der Waals surface area contributed by atoms with Crippen molar-refractivity contribution < 1.29 is 5.11 Å². The summed E-state index contributed by atoms with van der Waals surface area (Å²) < 4.78 is 2.27. The van der Waals surface area contributed by atoms with Crippen molar-refractivity contribution in [2.24, 2.45) is 0 Å². The van der Waals surface area contributed by atoms with Crippen molar-refractivity contribution in [2.75, 3.05) is 0 Å². The topological polar surface area (TPSA) is 20.2 Å². The Morgan fingerprint density at radius 1 is 1.18 bits per heavy atom. The van der Waals surface area contributed by atoms with Gasteiger partial charge < -0.3 is 5.11 Å². The molecule has 1 unspecified atom stereocenters. The zero-order valence-corrected chi connectivity index (χ0v) is 13.8. The van der Waals surface area contributed by atoms with Crippen LogP contribution in [-0.4, -0.2) is 5.11 Å². The van der Waals surface area contributed by atoms with Gasteiger partial charge in [0.05, 0.1) is 0 Å². The van der Waals surface area contributed by atoms with Gasteiger partial charge in [0.1, 0.15) is 10.4 Å². The lowest BCUT2D eigenvalue weighted by Crippen LogP contribution is -1.97. The Morgan fingerprint density at radius 2 is 1.88 bits per heavy atom. The molecule has 0 aliphatic heterocycles. The molecular formula is C11H6Br2Cl2OS. The molecule has 2 rings (SSSR count). The largest absolute Gasteiger partial charge is 0.383 e. The van der Waals surface area contributed by atoms with Gasteiger partial charge in [0.2, 0.25) is 0 Å². The Labute approximate surface area is 130 Å². The molecule has 90 valence electrons. The van der Waals surface area contributed by atoms with E-state index in [2.05, 4.69) is 31.9 Å². The van der Waals surface area contributed by atoms with Crippen LogP contribution in [0, 0.1) is 0 Å². The van der Waals surface area contributed by atoms with Crippen molar-refractivity contribution in [3.63, 3.8) is 0 Å². The zero-order valence-electron chi connectivity index (χ0n) is 8.25. The van der Waals surface area contributed by atoms with Crippen LogP contribution in [0.3, 0.4) is 0 Å². The average Bonchev–Trinajstić information content (AvgIpc) is 2.62. The standard InChI is InChI=1S/C11H6Br2Cl2OS/c12-5-1-2-8(14)6(3-5)10(16)9-4-7(13)11(15)17-9/h1-4,10,16H. The molecule has 0 bridgehead atoms. The molecule has 1 N–H and O–H groups in total. The third-order valence-corrected chi connectivity index (χ3v) is 5.55. The molecule has 1 nitrogen and oxygen atoms in total. The van der Waals surface area contributed by atoms with E-state index in [4.69, 9.17) is 23.2 Å². The van der Waals surface area contributed by atoms with Crippen molar-refractivity contribution in [2.45, 2.75) is 6.10 Å². The molecule has 0 radical (unpaired) electrons. The highest BCUT2D eigenvalue weighted by atomic mass is 79.9. The third kappa shape index (κ3) is 3.06. The predicted molar refractivity (Wildman–Crippen MR) is 80.2 cm³/mol. The number of aliphatic hydroxyl groups excluding tert-OH is 1. The van der Waals surface area contributed by atoms with Crippen LogP contribution in [0.25, 0.3) is 0 Å². The second-order valence-electron chi connectivity index (χ2n) is 3.34. The Morgan fingerprint density at radius 3 is 2.47 bits per heavy atom. The van der Waals surface area contributed by atoms with Crippen molar-refractivity contribution >= 4 is 66.4 Å². The molecular weight excluding hydrogens is 411 g/mol. The minimum Gasteiger partial charge on any atom is -0.383 e. The number of hydrogen-bond acceptors (Lipinski definition) is 2. The molecule has 1 aromatic heterocycles. The summed E-state index contributed by atoms with van der Waals surface area (Å²) in [5, 5.41) is 10.8. The fourth-order valence-corrected chi connectivity index (χ4v) is 3.72. The summed E-state index contributed by atoms with van der Waals surface area (Å²) in [5.41, 5.74) is 0.659. The van der Waals surface area contributed by atoms with Crippen LogP contribution in [0.2, 0.25) is 9.36 Å². The van der Waals surface area contributed by atoms with Gasteiger partial charge >= 0.3 is 0 Å². The minimum atomic E-state index is -0.770. The molecule has 6 heteroatoms. The lowest BCUT2D eigenvalue weighted by atomic mass is 10.1. The Hall–Kier alpha value is 0.420. The molecule has 0 saturated heterocycles. The molecule has 0 saturated carbocycles. The van der Waals surface area contributed by atoms with E-state index >= 15 is 0 Å². The summed E-state index contributed by atoms with van der Waals surface area (Å²) in [6, 6.07) is 7.17. The van der Waals surface area contributed by atoms with Gasteiger partial charge in [0.25, 0.3) is 0 Å². The summed E-state index contributed by atoms with van der Waals surface area (Å²) >= 11 is 20.0. The van der Waals surface area contributed by atoms with Crippen LogP contribution in [0.4, 0.5) is 0 Å². The van der Waals surface area contributed by atoms with Crippen LogP contribution in [0.5, 0.6) is 0 Å².